The second kappa shape index (κ2) is 3.60. The maximum absolute atomic E-state index is 6.30. The smallest absolute Gasteiger partial charge is 0.0583 e. The molecule has 13 heavy (non-hydrogen) atoms. The number of nitrogens with two attached hydrogens (primary N) is 1. The number of hydrogen-bond donors (Lipinski definition) is 1. The Kier molecular flexibility index (Phi) is 2.63. The van der Waals surface area contributed by atoms with Gasteiger partial charge >= 0.3 is 0 Å². The van der Waals surface area contributed by atoms with Crippen LogP contribution in [0.4, 0.5) is 0 Å². The minimum Gasteiger partial charge on any atom is -0.330 e. The zero-order valence-electron chi connectivity index (χ0n) is 7.77. The van der Waals surface area contributed by atoms with Gasteiger partial charge in [0.1, 0.15) is 0 Å². The number of thiophene rings is 1. The lowest BCUT2D eigenvalue weighted by molar-refractivity contribution is 0.788. The van der Waals surface area contributed by atoms with Crippen LogP contribution in [0, 0.1) is 0 Å². The Bertz CT molecular complexity index is 319. The molecule has 0 fully saturated rings. The predicted octanol–water partition coefficient (Wildman–Crippen LogP) is 2.95. The van der Waals surface area contributed by atoms with Crippen molar-refractivity contribution in [3.8, 4) is 0 Å². The van der Waals surface area contributed by atoms with E-state index in [2.05, 4.69) is 6.92 Å². The van der Waals surface area contributed by atoms with Crippen LogP contribution in [0.5, 0.6) is 0 Å². The quantitative estimate of drug-likeness (QED) is 0.807. The van der Waals surface area contributed by atoms with Gasteiger partial charge < -0.3 is 5.73 Å². The fourth-order valence-corrected chi connectivity index (χ4v) is 3.73. The maximum Gasteiger partial charge on any atom is 0.0583 e. The summed E-state index contributed by atoms with van der Waals surface area (Å²) in [7, 11) is 0. The maximum atomic E-state index is 6.30. The zero-order chi connectivity index (χ0) is 9.42. The summed E-state index contributed by atoms with van der Waals surface area (Å²) in [6.45, 7) is 2.84. The molecule has 0 amide bonds. The third kappa shape index (κ3) is 1.51. The van der Waals surface area contributed by atoms with Gasteiger partial charge in [0.05, 0.1) is 5.02 Å². The first-order chi connectivity index (χ1) is 6.24. The number of aryl methyl sites for hydroxylation is 1. The molecule has 0 spiro atoms. The Hall–Kier alpha value is -0.0500. The second-order valence-corrected chi connectivity index (χ2v) is 5.19. The molecule has 72 valence electrons. The van der Waals surface area contributed by atoms with Gasteiger partial charge in [-0.3, -0.25) is 0 Å². The monoisotopic (exact) mass is 215 g/mol. The van der Waals surface area contributed by atoms with Crippen LogP contribution in [0.2, 0.25) is 5.02 Å². The van der Waals surface area contributed by atoms with Crippen molar-refractivity contribution >= 4 is 22.9 Å². The van der Waals surface area contributed by atoms with Gasteiger partial charge in [0.25, 0.3) is 0 Å². The first kappa shape index (κ1) is 9.50. The Morgan fingerprint density at radius 2 is 2.31 bits per heavy atom. The summed E-state index contributed by atoms with van der Waals surface area (Å²) in [4.78, 5) is 2.80. The number of fused-ring (bicyclic) bond motifs is 1. The van der Waals surface area contributed by atoms with Gasteiger partial charge in [0, 0.05) is 15.7 Å². The normalized spacial score (nSPS) is 17.5. The van der Waals surface area contributed by atoms with Crippen LogP contribution >= 0.6 is 22.9 Å². The highest BCUT2D eigenvalue weighted by molar-refractivity contribution is 7.13. The molecule has 1 nitrogen and oxygen atoms in total. The van der Waals surface area contributed by atoms with Crippen molar-refractivity contribution in [1.82, 2.24) is 0 Å². The van der Waals surface area contributed by atoms with Gasteiger partial charge in [-0.2, -0.15) is 0 Å². The van der Waals surface area contributed by atoms with Crippen LogP contribution in [0.1, 0.15) is 34.6 Å². The average Bonchev–Trinajstić information content (AvgIpc) is 2.68. The van der Waals surface area contributed by atoms with Crippen LogP contribution in [-0.2, 0) is 12.8 Å². The van der Waals surface area contributed by atoms with E-state index in [-0.39, 0.29) is 0 Å². The second-order valence-electron chi connectivity index (χ2n) is 3.67. The molecule has 1 atom stereocenters. The van der Waals surface area contributed by atoms with Crippen LogP contribution in [0.15, 0.2) is 0 Å². The number of rotatable bonds is 2. The minimum atomic E-state index is 0.420. The molecule has 1 aromatic rings. The summed E-state index contributed by atoms with van der Waals surface area (Å²) >= 11 is 8.17. The molecule has 2 rings (SSSR count). The van der Waals surface area contributed by atoms with Gasteiger partial charge in [-0.1, -0.05) is 18.5 Å². The largest absolute Gasteiger partial charge is 0.330 e. The molecule has 0 saturated heterocycles. The summed E-state index contributed by atoms with van der Waals surface area (Å²) in [6.07, 6.45) is 3.66. The van der Waals surface area contributed by atoms with Crippen LogP contribution in [0.3, 0.4) is 0 Å². The van der Waals surface area contributed by atoms with Gasteiger partial charge in [0.15, 0.2) is 0 Å². The summed E-state index contributed by atoms with van der Waals surface area (Å²) in [5.41, 5.74) is 7.04. The van der Waals surface area contributed by atoms with E-state index in [0.29, 0.717) is 12.5 Å². The van der Waals surface area contributed by atoms with Crippen LogP contribution < -0.4 is 5.73 Å². The van der Waals surface area contributed by atoms with Crippen LogP contribution in [-0.4, -0.2) is 6.54 Å². The lowest BCUT2D eigenvalue weighted by atomic mass is 10.1. The third-order valence-corrected chi connectivity index (χ3v) is 4.75. The highest BCUT2D eigenvalue weighted by Crippen LogP contribution is 2.41. The van der Waals surface area contributed by atoms with E-state index in [1.54, 1.807) is 0 Å². The molecule has 1 aliphatic carbocycles. The van der Waals surface area contributed by atoms with Crippen molar-refractivity contribution in [1.29, 1.82) is 0 Å². The molecule has 0 bridgehead atoms. The summed E-state index contributed by atoms with van der Waals surface area (Å²) < 4.78 is 0. The summed E-state index contributed by atoms with van der Waals surface area (Å²) in [6, 6.07) is 0. The lowest BCUT2D eigenvalue weighted by Gasteiger charge is -2.06. The van der Waals surface area contributed by atoms with E-state index >= 15 is 0 Å². The van der Waals surface area contributed by atoms with Gasteiger partial charge in [-0.15, -0.1) is 11.3 Å². The summed E-state index contributed by atoms with van der Waals surface area (Å²) in [5.74, 6) is 0.420. The first-order valence-electron chi connectivity index (χ1n) is 4.74. The van der Waals surface area contributed by atoms with Gasteiger partial charge in [-0.05, 0) is 31.4 Å². The fourth-order valence-electron chi connectivity index (χ4n) is 1.81. The fraction of sp³-hybridized carbons (Fsp3) is 0.600. The van der Waals surface area contributed by atoms with Crippen LogP contribution in [0.25, 0.3) is 0 Å². The Labute approximate surface area is 87.9 Å². The Balaban J connectivity index is 2.38. The SMILES string of the molecule is CC(CN)c1sc2c(c1Cl)CCC2. The van der Waals surface area contributed by atoms with E-state index in [0.717, 1.165) is 5.02 Å². The van der Waals surface area contributed by atoms with Crippen molar-refractivity contribution in [2.45, 2.75) is 32.1 Å². The van der Waals surface area contributed by atoms with E-state index in [4.69, 9.17) is 17.3 Å². The van der Waals surface area contributed by atoms with Crippen molar-refractivity contribution in [2.75, 3.05) is 6.54 Å². The van der Waals surface area contributed by atoms with Crippen molar-refractivity contribution in [3.05, 3.63) is 20.3 Å². The lowest BCUT2D eigenvalue weighted by Crippen LogP contribution is -2.07. The molecule has 1 unspecified atom stereocenters. The third-order valence-electron chi connectivity index (χ3n) is 2.68. The molecule has 1 heterocycles. The van der Waals surface area contributed by atoms with Crippen molar-refractivity contribution in [3.63, 3.8) is 0 Å². The molecule has 0 radical (unpaired) electrons. The molecular formula is C10H14ClNS. The topological polar surface area (TPSA) is 26.0 Å². The molecule has 1 aromatic heterocycles. The summed E-state index contributed by atoms with van der Waals surface area (Å²) in [5, 5.41) is 1.01. The van der Waals surface area contributed by atoms with E-state index in [1.807, 2.05) is 11.3 Å². The van der Waals surface area contributed by atoms with E-state index in [1.165, 1.54) is 34.6 Å². The Morgan fingerprint density at radius 1 is 1.54 bits per heavy atom. The van der Waals surface area contributed by atoms with Gasteiger partial charge in [0.2, 0.25) is 0 Å². The standard InChI is InChI=1S/C10H14ClNS/c1-6(5-12)10-9(11)7-3-2-4-8(7)13-10/h6H,2-5,12H2,1H3. The zero-order valence-corrected chi connectivity index (χ0v) is 9.34. The molecular weight excluding hydrogens is 202 g/mol. The molecule has 0 aliphatic heterocycles. The average molecular weight is 216 g/mol. The molecule has 0 aromatic carbocycles. The number of hydrogen-bond acceptors (Lipinski definition) is 2. The first-order valence-corrected chi connectivity index (χ1v) is 5.93. The highest BCUT2D eigenvalue weighted by Gasteiger charge is 2.22. The van der Waals surface area contributed by atoms with Crippen molar-refractivity contribution in [2.24, 2.45) is 5.73 Å². The van der Waals surface area contributed by atoms with Crippen molar-refractivity contribution < 1.29 is 0 Å². The molecule has 3 heteroatoms. The molecule has 1 aliphatic rings. The van der Waals surface area contributed by atoms with Gasteiger partial charge in [-0.25, -0.2) is 0 Å². The van der Waals surface area contributed by atoms with E-state index < -0.39 is 0 Å². The molecule has 2 N–H and O–H groups in total. The molecule has 0 saturated carbocycles. The number of halogens is 1. The van der Waals surface area contributed by atoms with E-state index in [9.17, 15) is 0 Å². The minimum absolute atomic E-state index is 0.420. The predicted molar refractivity (Wildman–Crippen MR) is 58.8 cm³/mol. The Morgan fingerprint density at radius 3 is 2.92 bits per heavy atom. The highest BCUT2D eigenvalue weighted by atomic mass is 35.5.